The summed E-state index contributed by atoms with van der Waals surface area (Å²) in [5.74, 6) is 0.836. The molecule has 0 atom stereocenters. The number of amides is 1. The minimum Gasteiger partial charge on any atom is -0.489 e. The number of rotatable bonds is 6. The van der Waals surface area contributed by atoms with E-state index in [4.69, 9.17) is 16.3 Å². The van der Waals surface area contributed by atoms with Crippen LogP contribution in [0, 0.1) is 0 Å². The van der Waals surface area contributed by atoms with Crippen LogP contribution in [0.15, 0.2) is 73.3 Å². The largest absolute Gasteiger partial charge is 0.489 e. The lowest BCUT2D eigenvalue weighted by atomic mass is 9.68. The fraction of sp³-hybridized carbons (Fsp3) is 0.269. The van der Waals surface area contributed by atoms with Crippen LogP contribution in [0.3, 0.4) is 0 Å². The third-order valence-corrected chi connectivity index (χ3v) is 6.28. The van der Waals surface area contributed by atoms with E-state index in [0.29, 0.717) is 11.6 Å². The van der Waals surface area contributed by atoms with Gasteiger partial charge in [-0.2, -0.15) is 0 Å². The number of halogens is 1. The van der Waals surface area contributed by atoms with Crippen molar-refractivity contribution < 1.29 is 9.53 Å². The molecular formula is C26H26ClNO2. The van der Waals surface area contributed by atoms with Gasteiger partial charge in [-0.1, -0.05) is 79.9 Å². The second-order valence-corrected chi connectivity index (χ2v) is 8.30. The first-order valence-corrected chi connectivity index (χ1v) is 10.8. The highest BCUT2D eigenvalue weighted by Crippen LogP contribution is 2.41. The second-order valence-electron chi connectivity index (χ2n) is 7.86. The zero-order valence-corrected chi connectivity index (χ0v) is 17.8. The molecule has 0 radical (unpaired) electrons. The van der Waals surface area contributed by atoms with E-state index in [1.165, 1.54) is 6.42 Å². The number of nitrogens with one attached hydrogen (secondary N) is 1. The van der Waals surface area contributed by atoms with E-state index in [1.54, 1.807) is 6.08 Å². The second kappa shape index (κ2) is 8.93. The number of fused-ring (bicyclic) bond motifs is 1. The molecule has 1 aliphatic rings. The van der Waals surface area contributed by atoms with Gasteiger partial charge in [0.15, 0.2) is 0 Å². The van der Waals surface area contributed by atoms with E-state index in [1.807, 2.05) is 60.7 Å². The number of carbonyl (C=O) groups excluding carboxylic acids is 1. The third-order valence-electron chi connectivity index (χ3n) is 6.03. The van der Waals surface area contributed by atoms with Crippen LogP contribution in [0.25, 0.3) is 10.8 Å². The molecule has 1 saturated carbocycles. The molecule has 3 aromatic rings. The van der Waals surface area contributed by atoms with E-state index in [-0.39, 0.29) is 5.91 Å². The zero-order chi connectivity index (χ0) is 21.0. The van der Waals surface area contributed by atoms with Crippen LogP contribution < -0.4 is 10.1 Å². The minimum absolute atomic E-state index is 0.0504. The van der Waals surface area contributed by atoms with Gasteiger partial charge in [0.1, 0.15) is 12.4 Å². The predicted molar refractivity (Wildman–Crippen MR) is 124 cm³/mol. The fourth-order valence-corrected chi connectivity index (χ4v) is 4.59. The van der Waals surface area contributed by atoms with Crippen LogP contribution in [0.1, 0.15) is 37.7 Å². The Balaban J connectivity index is 1.70. The molecule has 0 bridgehead atoms. The smallest absolute Gasteiger partial charge is 0.235 e. The molecule has 0 aliphatic heterocycles. The predicted octanol–water partition coefficient (Wildman–Crippen LogP) is 6.90. The molecule has 0 saturated heterocycles. The number of hydrogen-bond donors (Lipinski definition) is 1. The normalized spacial score (nSPS) is 15.5. The molecule has 154 valence electrons. The van der Waals surface area contributed by atoms with Crippen LogP contribution in [0.4, 0.5) is 5.69 Å². The van der Waals surface area contributed by atoms with Crippen molar-refractivity contribution in [1.82, 2.24) is 0 Å². The van der Waals surface area contributed by atoms with Crippen molar-refractivity contribution in [2.45, 2.75) is 37.5 Å². The molecular weight excluding hydrogens is 394 g/mol. The Kier molecular flexibility index (Phi) is 6.10. The summed E-state index contributed by atoms with van der Waals surface area (Å²) in [6.07, 6.45) is 6.68. The topological polar surface area (TPSA) is 38.3 Å². The molecule has 30 heavy (non-hydrogen) atoms. The molecule has 1 fully saturated rings. The van der Waals surface area contributed by atoms with Gasteiger partial charge in [0.25, 0.3) is 0 Å². The molecule has 0 unspecified atom stereocenters. The number of anilines is 1. The van der Waals surface area contributed by atoms with Gasteiger partial charge in [0, 0.05) is 21.5 Å². The molecule has 0 aromatic heterocycles. The lowest BCUT2D eigenvalue weighted by molar-refractivity contribution is -0.122. The maximum absolute atomic E-state index is 13.7. The number of ether oxygens (including phenoxy) is 1. The maximum atomic E-state index is 13.7. The van der Waals surface area contributed by atoms with E-state index < -0.39 is 5.41 Å². The van der Waals surface area contributed by atoms with Crippen molar-refractivity contribution in [2.24, 2.45) is 0 Å². The van der Waals surface area contributed by atoms with Crippen LogP contribution in [-0.2, 0) is 10.2 Å². The van der Waals surface area contributed by atoms with E-state index >= 15 is 0 Å². The summed E-state index contributed by atoms with van der Waals surface area (Å²) in [5, 5.41) is 5.87. The summed E-state index contributed by atoms with van der Waals surface area (Å²) >= 11 is 6.10. The molecule has 4 rings (SSSR count). The molecule has 0 spiro atoms. The Bertz CT molecular complexity index is 1050. The molecule has 1 amide bonds. The third kappa shape index (κ3) is 3.95. The van der Waals surface area contributed by atoms with Gasteiger partial charge in [0.05, 0.1) is 5.41 Å². The van der Waals surface area contributed by atoms with Crippen LogP contribution >= 0.6 is 11.6 Å². The standard InChI is InChI=1S/C26H26ClNO2/c1-2-18-30-24-15-14-23(21-8-4-5-9-22(21)24)28-25(29)26(16-6-3-7-17-26)19-10-12-20(27)13-11-19/h2,4-5,8-15H,1,3,6-7,16-18H2,(H,28,29). The molecule has 3 aromatic carbocycles. The van der Waals surface area contributed by atoms with Crippen LogP contribution in [0.2, 0.25) is 5.02 Å². The highest BCUT2D eigenvalue weighted by molar-refractivity contribution is 6.30. The van der Waals surface area contributed by atoms with Gasteiger partial charge >= 0.3 is 0 Å². The Morgan fingerprint density at radius 3 is 2.40 bits per heavy atom. The van der Waals surface area contributed by atoms with E-state index in [9.17, 15) is 4.79 Å². The van der Waals surface area contributed by atoms with Gasteiger partial charge in [-0.3, -0.25) is 4.79 Å². The molecule has 4 heteroatoms. The summed E-state index contributed by atoms with van der Waals surface area (Å²) in [5.41, 5.74) is 1.32. The van der Waals surface area contributed by atoms with Crippen molar-refractivity contribution in [1.29, 1.82) is 0 Å². The lowest BCUT2D eigenvalue weighted by Gasteiger charge is -2.36. The van der Waals surface area contributed by atoms with Gasteiger partial charge in [-0.15, -0.1) is 0 Å². The van der Waals surface area contributed by atoms with Gasteiger partial charge in [-0.05, 0) is 42.7 Å². The summed E-state index contributed by atoms with van der Waals surface area (Å²) in [6.45, 7) is 4.16. The lowest BCUT2D eigenvalue weighted by Crippen LogP contribution is -2.42. The summed E-state index contributed by atoms with van der Waals surface area (Å²) in [4.78, 5) is 13.7. The summed E-state index contributed by atoms with van der Waals surface area (Å²) in [6, 6.07) is 19.6. The first-order chi connectivity index (χ1) is 14.6. The van der Waals surface area contributed by atoms with Crippen molar-refractivity contribution in [2.75, 3.05) is 11.9 Å². The quantitative estimate of drug-likeness (QED) is 0.441. The minimum atomic E-state index is -0.526. The Labute approximate surface area is 182 Å². The number of benzene rings is 3. The summed E-state index contributed by atoms with van der Waals surface area (Å²) < 4.78 is 5.80. The molecule has 1 N–H and O–H groups in total. The molecule has 1 aliphatic carbocycles. The SMILES string of the molecule is C=CCOc1ccc(NC(=O)C2(c3ccc(Cl)cc3)CCCCC2)c2ccccc12. The first-order valence-electron chi connectivity index (χ1n) is 10.5. The average Bonchev–Trinajstić information content (AvgIpc) is 2.79. The van der Waals surface area contributed by atoms with Crippen molar-refractivity contribution in [3.05, 3.63) is 83.9 Å². The summed E-state index contributed by atoms with van der Waals surface area (Å²) in [7, 11) is 0. The van der Waals surface area contributed by atoms with Gasteiger partial charge < -0.3 is 10.1 Å². The fourth-order valence-electron chi connectivity index (χ4n) is 4.47. The van der Waals surface area contributed by atoms with E-state index in [2.05, 4.69) is 11.9 Å². The van der Waals surface area contributed by atoms with Crippen LogP contribution in [-0.4, -0.2) is 12.5 Å². The number of carbonyl (C=O) groups is 1. The average molecular weight is 420 g/mol. The maximum Gasteiger partial charge on any atom is 0.235 e. The number of hydrogen-bond acceptors (Lipinski definition) is 2. The van der Waals surface area contributed by atoms with Crippen LogP contribution in [0.5, 0.6) is 5.75 Å². The van der Waals surface area contributed by atoms with Crippen molar-refractivity contribution in [3.63, 3.8) is 0 Å². The Morgan fingerprint density at radius 2 is 1.70 bits per heavy atom. The van der Waals surface area contributed by atoms with Crippen molar-refractivity contribution in [3.8, 4) is 5.75 Å². The molecule has 0 heterocycles. The monoisotopic (exact) mass is 419 g/mol. The highest BCUT2D eigenvalue weighted by atomic mass is 35.5. The molecule has 3 nitrogen and oxygen atoms in total. The van der Waals surface area contributed by atoms with Gasteiger partial charge in [0.2, 0.25) is 5.91 Å². The highest BCUT2D eigenvalue weighted by Gasteiger charge is 2.41. The Morgan fingerprint density at radius 1 is 1.00 bits per heavy atom. The zero-order valence-electron chi connectivity index (χ0n) is 17.0. The first kappa shape index (κ1) is 20.5. The Hall–Kier alpha value is -2.78. The van der Waals surface area contributed by atoms with Crippen molar-refractivity contribution >= 4 is 34.0 Å². The van der Waals surface area contributed by atoms with Gasteiger partial charge in [-0.25, -0.2) is 0 Å². The van der Waals surface area contributed by atoms with E-state index in [0.717, 1.165) is 53.5 Å².